The van der Waals surface area contributed by atoms with Gasteiger partial charge in [-0.2, -0.15) is 0 Å². The number of aliphatic hydroxyl groups excluding tert-OH is 1. The van der Waals surface area contributed by atoms with Crippen molar-refractivity contribution in [2.75, 3.05) is 0 Å². The highest BCUT2D eigenvalue weighted by Crippen LogP contribution is 2.19. The predicted octanol–water partition coefficient (Wildman–Crippen LogP) is 2.51. The normalized spacial score (nSPS) is 22.0. The van der Waals surface area contributed by atoms with Crippen LogP contribution in [0.1, 0.15) is 36.0 Å². The maximum absolute atomic E-state index is 12.3. The van der Waals surface area contributed by atoms with Gasteiger partial charge in [0.05, 0.1) is 6.10 Å². The minimum atomic E-state index is -0.199. The van der Waals surface area contributed by atoms with Crippen LogP contribution in [0.25, 0.3) is 5.69 Å². The van der Waals surface area contributed by atoms with Gasteiger partial charge in [0, 0.05) is 29.7 Å². The van der Waals surface area contributed by atoms with Crippen LogP contribution >= 0.6 is 0 Å². The zero-order valence-corrected chi connectivity index (χ0v) is 11.9. The van der Waals surface area contributed by atoms with Crippen LogP contribution in [0.15, 0.2) is 48.8 Å². The number of hydrogen-bond acceptors (Lipinski definition) is 2. The molecule has 110 valence electrons. The lowest BCUT2D eigenvalue weighted by Gasteiger charge is -2.26. The highest BCUT2D eigenvalue weighted by molar-refractivity contribution is 5.94. The second-order valence-electron chi connectivity index (χ2n) is 5.62. The molecule has 1 fully saturated rings. The van der Waals surface area contributed by atoms with E-state index < -0.39 is 0 Å². The van der Waals surface area contributed by atoms with E-state index in [9.17, 15) is 9.90 Å². The Kier molecular flexibility index (Phi) is 4.06. The van der Waals surface area contributed by atoms with E-state index in [1.165, 1.54) is 0 Å². The highest BCUT2D eigenvalue weighted by Gasteiger charge is 2.21. The molecule has 4 heteroatoms. The van der Waals surface area contributed by atoms with Gasteiger partial charge in [-0.15, -0.1) is 0 Å². The molecule has 1 amide bonds. The predicted molar refractivity (Wildman–Crippen MR) is 81.5 cm³/mol. The molecule has 1 aromatic heterocycles. The summed E-state index contributed by atoms with van der Waals surface area (Å²) in [6.07, 6.45) is 6.96. The zero-order valence-electron chi connectivity index (χ0n) is 11.9. The number of carbonyl (C=O) groups excluding carboxylic acids is 1. The molecule has 0 radical (unpaired) electrons. The molecule has 1 aromatic carbocycles. The lowest BCUT2D eigenvalue weighted by Crippen LogP contribution is -2.38. The Morgan fingerprint density at radius 1 is 1.10 bits per heavy atom. The lowest BCUT2D eigenvalue weighted by molar-refractivity contribution is 0.0867. The average Bonchev–Trinajstić information content (AvgIpc) is 3.04. The number of nitrogens with one attached hydrogen (secondary N) is 1. The third-order valence-electron chi connectivity index (χ3n) is 4.04. The van der Waals surface area contributed by atoms with Crippen molar-refractivity contribution in [1.29, 1.82) is 0 Å². The Morgan fingerprint density at radius 2 is 1.81 bits per heavy atom. The molecule has 4 nitrogen and oxygen atoms in total. The quantitative estimate of drug-likeness (QED) is 0.910. The smallest absolute Gasteiger partial charge is 0.251 e. The second-order valence-corrected chi connectivity index (χ2v) is 5.62. The molecule has 1 heterocycles. The average molecular weight is 284 g/mol. The Bertz CT molecular complexity index is 599. The van der Waals surface area contributed by atoms with Gasteiger partial charge in [0.25, 0.3) is 5.91 Å². The van der Waals surface area contributed by atoms with Crippen molar-refractivity contribution in [3.8, 4) is 5.69 Å². The van der Waals surface area contributed by atoms with Gasteiger partial charge >= 0.3 is 0 Å². The first kappa shape index (κ1) is 13.9. The monoisotopic (exact) mass is 284 g/mol. The zero-order chi connectivity index (χ0) is 14.7. The van der Waals surface area contributed by atoms with Crippen molar-refractivity contribution in [3.63, 3.8) is 0 Å². The summed E-state index contributed by atoms with van der Waals surface area (Å²) in [5.74, 6) is -0.0367. The fourth-order valence-corrected chi connectivity index (χ4v) is 2.80. The molecule has 0 aliphatic heterocycles. The molecule has 1 aliphatic rings. The third-order valence-corrected chi connectivity index (χ3v) is 4.04. The van der Waals surface area contributed by atoms with Gasteiger partial charge in [-0.1, -0.05) is 6.07 Å². The molecule has 1 saturated carbocycles. The van der Waals surface area contributed by atoms with Gasteiger partial charge in [0.1, 0.15) is 0 Å². The molecule has 0 spiro atoms. The van der Waals surface area contributed by atoms with E-state index in [1.807, 2.05) is 53.4 Å². The molecule has 21 heavy (non-hydrogen) atoms. The molecule has 1 aliphatic carbocycles. The van der Waals surface area contributed by atoms with Crippen LogP contribution in [0.5, 0.6) is 0 Å². The number of amides is 1. The van der Waals surface area contributed by atoms with Crippen molar-refractivity contribution in [2.24, 2.45) is 0 Å². The van der Waals surface area contributed by atoms with Crippen LogP contribution < -0.4 is 5.32 Å². The first-order valence-corrected chi connectivity index (χ1v) is 7.45. The summed E-state index contributed by atoms with van der Waals surface area (Å²) < 4.78 is 1.98. The van der Waals surface area contributed by atoms with E-state index in [-0.39, 0.29) is 18.1 Å². The minimum Gasteiger partial charge on any atom is -0.393 e. The second kappa shape index (κ2) is 6.14. The summed E-state index contributed by atoms with van der Waals surface area (Å²) in [5.41, 5.74) is 1.65. The molecule has 0 unspecified atom stereocenters. The molecular weight excluding hydrogens is 264 g/mol. The van der Waals surface area contributed by atoms with Crippen LogP contribution in [0.3, 0.4) is 0 Å². The van der Waals surface area contributed by atoms with Crippen LogP contribution in [0, 0.1) is 0 Å². The number of rotatable bonds is 3. The standard InChI is InChI=1S/C17H20N2O2/c20-16-8-6-14(7-9-16)18-17(21)13-4-3-5-15(12-13)19-10-1-2-11-19/h1-5,10-12,14,16,20H,6-9H2,(H,18,21). The van der Waals surface area contributed by atoms with Crippen LogP contribution in [-0.2, 0) is 0 Å². The van der Waals surface area contributed by atoms with E-state index >= 15 is 0 Å². The fourth-order valence-electron chi connectivity index (χ4n) is 2.80. The first-order chi connectivity index (χ1) is 10.2. The number of aliphatic hydroxyl groups is 1. The Balaban J connectivity index is 1.69. The molecule has 0 saturated heterocycles. The van der Waals surface area contributed by atoms with E-state index in [0.717, 1.165) is 31.4 Å². The fraction of sp³-hybridized carbons (Fsp3) is 0.353. The molecule has 2 N–H and O–H groups in total. The van der Waals surface area contributed by atoms with E-state index in [1.54, 1.807) is 0 Å². The van der Waals surface area contributed by atoms with Gasteiger partial charge in [-0.25, -0.2) is 0 Å². The number of nitrogens with zero attached hydrogens (tertiary/aromatic N) is 1. The Hall–Kier alpha value is -2.07. The van der Waals surface area contributed by atoms with Crippen molar-refractivity contribution < 1.29 is 9.90 Å². The summed E-state index contributed by atoms with van der Waals surface area (Å²) in [4.78, 5) is 12.3. The summed E-state index contributed by atoms with van der Waals surface area (Å²) in [5, 5.41) is 12.6. The van der Waals surface area contributed by atoms with Gasteiger partial charge in [0.15, 0.2) is 0 Å². The lowest BCUT2D eigenvalue weighted by atomic mass is 9.93. The van der Waals surface area contributed by atoms with E-state index in [2.05, 4.69) is 5.32 Å². The SMILES string of the molecule is O=C(NC1CCC(O)CC1)c1cccc(-n2cccc2)c1. The van der Waals surface area contributed by atoms with Crippen LogP contribution in [0.4, 0.5) is 0 Å². The summed E-state index contributed by atoms with van der Waals surface area (Å²) in [7, 11) is 0. The molecule has 3 rings (SSSR count). The van der Waals surface area contributed by atoms with Crippen molar-refractivity contribution in [1.82, 2.24) is 9.88 Å². The third kappa shape index (κ3) is 3.34. The maximum atomic E-state index is 12.3. The Labute approximate surface area is 124 Å². The van der Waals surface area contributed by atoms with Crippen molar-refractivity contribution in [3.05, 3.63) is 54.4 Å². The van der Waals surface area contributed by atoms with Gasteiger partial charge < -0.3 is 15.0 Å². The van der Waals surface area contributed by atoms with Gasteiger partial charge in [0.2, 0.25) is 0 Å². The molecule has 0 bridgehead atoms. The van der Waals surface area contributed by atoms with Crippen LogP contribution in [0.2, 0.25) is 0 Å². The van der Waals surface area contributed by atoms with Crippen molar-refractivity contribution in [2.45, 2.75) is 37.8 Å². The number of benzene rings is 1. The summed E-state index contributed by atoms with van der Waals surface area (Å²) in [6, 6.07) is 11.7. The summed E-state index contributed by atoms with van der Waals surface area (Å²) >= 11 is 0. The van der Waals surface area contributed by atoms with Crippen molar-refractivity contribution >= 4 is 5.91 Å². The van der Waals surface area contributed by atoms with E-state index in [4.69, 9.17) is 0 Å². The van der Waals surface area contributed by atoms with Crippen LogP contribution in [-0.4, -0.2) is 27.7 Å². The maximum Gasteiger partial charge on any atom is 0.251 e. The number of carbonyl (C=O) groups is 1. The Morgan fingerprint density at radius 3 is 2.52 bits per heavy atom. The number of hydrogen-bond donors (Lipinski definition) is 2. The minimum absolute atomic E-state index is 0.0367. The molecular formula is C17H20N2O2. The summed E-state index contributed by atoms with van der Waals surface area (Å²) in [6.45, 7) is 0. The first-order valence-electron chi connectivity index (χ1n) is 7.45. The molecule has 2 aromatic rings. The largest absolute Gasteiger partial charge is 0.393 e. The van der Waals surface area contributed by atoms with Gasteiger partial charge in [-0.3, -0.25) is 4.79 Å². The highest BCUT2D eigenvalue weighted by atomic mass is 16.3. The van der Waals surface area contributed by atoms with Gasteiger partial charge in [-0.05, 0) is 56.0 Å². The van der Waals surface area contributed by atoms with E-state index in [0.29, 0.717) is 5.56 Å². The molecule has 0 atom stereocenters. The topological polar surface area (TPSA) is 54.3 Å². The number of aromatic nitrogens is 1.